The van der Waals surface area contributed by atoms with Crippen LogP contribution in [0.25, 0.3) is 38.8 Å². The molecule has 0 saturated carbocycles. The number of hydrogen-bond donors (Lipinski definition) is 3. The van der Waals surface area contributed by atoms with Gasteiger partial charge in [0.2, 0.25) is 0 Å². The number of carbonyl (C=O) groups is 2. The predicted octanol–water partition coefficient (Wildman–Crippen LogP) is 4.91. The second-order valence-corrected chi connectivity index (χ2v) is 18.2. The van der Waals surface area contributed by atoms with Crippen LogP contribution in [-0.4, -0.2) is 134 Å². The summed E-state index contributed by atoms with van der Waals surface area (Å²) >= 11 is 0. The molecule has 19 nitrogen and oxygen atoms in total. The number of nitrogens with zero attached hydrogens (tertiary/aromatic N) is 11. The van der Waals surface area contributed by atoms with Gasteiger partial charge in [0.15, 0.2) is 13.2 Å². The number of anilines is 2. The third-order valence-electron chi connectivity index (χ3n) is 12.9. The third kappa shape index (κ3) is 14.9. The molecule has 20 heteroatoms. The normalized spacial score (nSPS) is 14.1. The monoisotopic (exact) mass is 1040 g/mol. The number of benzene rings is 4. The first-order chi connectivity index (χ1) is 36.6. The van der Waals surface area contributed by atoms with Crippen LogP contribution in [0.5, 0.6) is 11.5 Å². The molecule has 0 bridgehead atoms. The molecule has 76 heavy (non-hydrogen) atoms. The molecule has 0 amide bonds. The van der Waals surface area contributed by atoms with Crippen molar-refractivity contribution in [2.24, 2.45) is 5.84 Å². The molecule has 2 fully saturated rings. The van der Waals surface area contributed by atoms with Gasteiger partial charge in [0.05, 0.1) is 40.4 Å². The molecule has 392 valence electrons. The number of fused-ring (bicyclic) bond motifs is 2. The molecular formula is C56H65N12NaO7. The standard InChI is InChI=1S/C29H33N5O3.C27H29N5O3.H3N2O.Na/c1-3-36-26(35)21-37-29-22(2)19-23-9-7-13-30-27(23)28(29)33-15-8-14-32(17-18-33)20-24-12-16-34(31-24)25-10-5-4-6-11-25;1-20-17-21-7-5-11-28-25(21)26(27(20)35-19-24(33)34)31-13-6-12-30(15-16-31)18-22-10-14-32(29-22)23-8-3-2-4-9-23;1-2-3;/h4-7,9-13,16,19H,3,8,14-15,17-18,20-21H2,1-2H3;2-5,7-11,14,17H,6,12-13,15-16,18-19H2,1H3,(H,33,34);3H,1H2;/q;;-1;+1. The molecule has 4 aromatic carbocycles. The molecular weight excluding hydrogens is 976 g/mol. The van der Waals surface area contributed by atoms with Crippen molar-refractivity contribution in [3.63, 3.8) is 0 Å². The van der Waals surface area contributed by atoms with Gasteiger partial charge in [-0.2, -0.15) is 10.2 Å². The summed E-state index contributed by atoms with van der Waals surface area (Å²) in [5.41, 5.74) is 11.7. The molecule has 0 radical (unpaired) electrons. The molecule has 4 aromatic heterocycles. The largest absolute Gasteiger partial charge is 1.00 e. The van der Waals surface area contributed by atoms with Crippen LogP contribution in [0.3, 0.4) is 0 Å². The quantitative estimate of drug-likeness (QED) is 0.0538. The molecule has 0 aliphatic carbocycles. The summed E-state index contributed by atoms with van der Waals surface area (Å²) in [7, 11) is 0. The maximum absolute atomic E-state index is 12.1. The summed E-state index contributed by atoms with van der Waals surface area (Å²) in [5, 5.41) is 27.8. The summed E-state index contributed by atoms with van der Waals surface area (Å²) in [6.07, 6.45) is 9.58. The van der Waals surface area contributed by atoms with Gasteiger partial charge in [-0.25, -0.2) is 19.0 Å². The van der Waals surface area contributed by atoms with Gasteiger partial charge in [0, 0.05) is 101 Å². The first-order valence-corrected chi connectivity index (χ1v) is 25.2. The fourth-order valence-corrected chi connectivity index (χ4v) is 9.57. The van der Waals surface area contributed by atoms with Crippen molar-refractivity contribution >= 4 is 45.1 Å². The van der Waals surface area contributed by atoms with Crippen LogP contribution in [-0.2, 0) is 27.4 Å². The van der Waals surface area contributed by atoms with Crippen LogP contribution in [0.2, 0.25) is 0 Å². The Kier molecular flexibility index (Phi) is 21.1. The number of nitrogens with two attached hydrogens (primary N) is 1. The van der Waals surface area contributed by atoms with E-state index in [1.54, 1.807) is 13.1 Å². The van der Waals surface area contributed by atoms with Gasteiger partial charge < -0.3 is 45.8 Å². The Hall–Kier alpha value is -6.94. The van der Waals surface area contributed by atoms with Crippen LogP contribution >= 0.6 is 0 Å². The second-order valence-electron chi connectivity index (χ2n) is 18.2. The second kappa shape index (κ2) is 28.3. The van der Waals surface area contributed by atoms with Crippen LogP contribution < -0.4 is 54.7 Å². The molecule has 2 aliphatic heterocycles. The zero-order chi connectivity index (χ0) is 52.5. The Bertz CT molecular complexity index is 3120. The Morgan fingerprint density at radius 1 is 0.618 bits per heavy atom. The van der Waals surface area contributed by atoms with Crippen molar-refractivity contribution in [2.75, 3.05) is 82.0 Å². The average molecular weight is 1040 g/mol. The van der Waals surface area contributed by atoms with Gasteiger partial charge in [0.25, 0.3) is 0 Å². The number of carboxylic acids is 1. The minimum atomic E-state index is -0.992. The van der Waals surface area contributed by atoms with Crippen molar-refractivity contribution < 1.29 is 63.7 Å². The number of carboxylic acid groups (broad SMARTS) is 1. The zero-order valence-corrected chi connectivity index (χ0v) is 45.7. The van der Waals surface area contributed by atoms with E-state index in [0.717, 1.165) is 145 Å². The van der Waals surface area contributed by atoms with Gasteiger partial charge in [-0.15, -0.1) is 0 Å². The minimum absolute atomic E-state index is 0. The van der Waals surface area contributed by atoms with Gasteiger partial charge >= 0.3 is 41.5 Å². The Morgan fingerprint density at radius 3 is 1.50 bits per heavy atom. The maximum Gasteiger partial charge on any atom is 1.00 e. The molecule has 6 heterocycles. The topological polar surface area (TPSA) is 217 Å². The number of aromatic nitrogens is 6. The van der Waals surface area contributed by atoms with Crippen molar-refractivity contribution in [3.05, 3.63) is 162 Å². The molecule has 2 saturated heterocycles. The molecule has 0 atom stereocenters. The minimum Gasteiger partial charge on any atom is -0.488 e. The van der Waals surface area contributed by atoms with Crippen LogP contribution in [0, 0.1) is 13.8 Å². The van der Waals surface area contributed by atoms with Crippen LogP contribution in [0.1, 0.15) is 42.3 Å². The Morgan fingerprint density at radius 2 is 1.07 bits per heavy atom. The third-order valence-corrected chi connectivity index (χ3v) is 12.9. The fraction of sp³-hybridized carbons (Fsp3) is 0.321. The number of ether oxygens (including phenoxy) is 3. The van der Waals surface area contributed by atoms with Crippen LogP contribution in [0.4, 0.5) is 11.4 Å². The van der Waals surface area contributed by atoms with Crippen molar-refractivity contribution in [1.82, 2.24) is 39.3 Å². The number of aliphatic carboxylic acids is 1. The first-order valence-electron chi connectivity index (χ1n) is 25.2. The number of hydrogen-bond acceptors (Lipinski definition) is 15. The van der Waals surface area contributed by atoms with E-state index in [9.17, 15) is 14.7 Å². The number of para-hydroxylation sites is 2. The van der Waals surface area contributed by atoms with Crippen molar-refractivity contribution in [1.29, 1.82) is 0 Å². The van der Waals surface area contributed by atoms with Gasteiger partial charge in [-0.3, -0.25) is 19.8 Å². The number of esters is 1. The van der Waals surface area contributed by atoms with E-state index in [-0.39, 0.29) is 48.7 Å². The first kappa shape index (κ1) is 56.8. The number of carbonyl (C=O) groups excluding carboxylic acids is 1. The summed E-state index contributed by atoms with van der Waals surface area (Å²) in [5.74, 6) is 3.97. The average Bonchev–Trinajstić information content (AvgIpc) is 3.96. The number of pyridine rings is 2. The van der Waals surface area contributed by atoms with E-state index in [1.165, 1.54) is 0 Å². The van der Waals surface area contributed by atoms with E-state index < -0.39 is 5.97 Å². The Balaban J connectivity index is 0.000000208. The Labute approximate surface area is 465 Å². The summed E-state index contributed by atoms with van der Waals surface area (Å²) in [4.78, 5) is 42.1. The van der Waals surface area contributed by atoms with E-state index in [2.05, 4.69) is 66.8 Å². The van der Waals surface area contributed by atoms with Gasteiger partial charge in [-0.05, 0) is 105 Å². The van der Waals surface area contributed by atoms with Crippen LogP contribution in [0.15, 0.2) is 134 Å². The molecule has 8 aromatic rings. The summed E-state index contributed by atoms with van der Waals surface area (Å²) in [6.45, 7) is 14.2. The van der Waals surface area contributed by atoms with E-state index in [1.807, 2.05) is 120 Å². The van der Waals surface area contributed by atoms with E-state index >= 15 is 0 Å². The summed E-state index contributed by atoms with van der Waals surface area (Å²) in [6, 6.07) is 36.5. The maximum atomic E-state index is 12.1. The smallest absolute Gasteiger partial charge is 0.488 e. The van der Waals surface area contributed by atoms with E-state index in [0.29, 0.717) is 18.1 Å². The predicted molar refractivity (Wildman–Crippen MR) is 289 cm³/mol. The summed E-state index contributed by atoms with van der Waals surface area (Å²) < 4.78 is 20.8. The molecule has 0 unspecified atom stereocenters. The molecule has 4 N–H and O–H groups in total. The van der Waals surface area contributed by atoms with Crippen molar-refractivity contribution in [3.8, 4) is 22.9 Å². The van der Waals surface area contributed by atoms with Gasteiger partial charge in [0.1, 0.15) is 22.9 Å². The molecule has 10 rings (SSSR count). The van der Waals surface area contributed by atoms with Crippen molar-refractivity contribution in [2.45, 2.75) is 46.7 Å². The SMILES string of the molecule is CCOC(=O)COc1c(C)cc2cccnc2c1N1CCCN(Cc2ccn(-c3ccccc3)n2)CC1.Cc1cc2cccnc2c(N2CCCN(Cc3ccn(-c4ccccc4)n3)CC2)c1OCC(=O)O.N[N-]O.[Na+]. The zero-order valence-electron chi connectivity index (χ0n) is 43.7. The van der Waals surface area contributed by atoms with E-state index in [4.69, 9.17) is 34.6 Å². The van der Waals surface area contributed by atoms with Gasteiger partial charge in [-0.1, -0.05) is 48.5 Å². The molecule has 2 aliphatic rings. The number of rotatable bonds is 15. The fourth-order valence-electron chi connectivity index (χ4n) is 9.57. The molecule has 0 spiro atoms. The number of aryl methyl sites for hydroxylation is 2.